The second-order valence-corrected chi connectivity index (χ2v) is 6.36. The Morgan fingerprint density at radius 2 is 1.71 bits per heavy atom. The molecule has 0 bridgehead atoms. The van der Waals surface area contributed by atoms with Gasteiger partial charge in [0.15, 0.2) is 0 Å². The Hall–Kier alpha value is -2.17. The maximum atomic E-state index is 12.3. The predicted octanol–water partition coefficient (Wildman–Crippen LogP) is 2.92. The van der Waals surface area contributed by atoms with Crippen LogP contribution in [0, 0.1) is 0 Å². The zero-order valence-corrected chi connectivity index (χ0v) is 14.8. The van der Waals surface area contributed by atoms with Crippen molar-refractivity contribution >= 4 is 5.91 Å². The van der Waals surface area contributed by atoms with Crippen LogP contribution in [0.4, 0.5) is 0 Å². The molecule has 0 aliphatic heterocycles. The molecule has 0 aliphatic rings. The van der Waals surface area contributed by atoms with Crippen molar-refractivity contribution in [2.45, 2.75) is 39.5 Å². The highest BCUT2D eigenvalue weighted by molar-refractivity contribution is 5.94. The first kappa shape index (κ1) is 18.2. The van der Waals surface area contributed by atoms with E-state index in [2.05, 4.69) is 43.2 Å². The van der Waals surface area contributed by atoms with Crippen LogP contribution in [0.3, 0.4) is 0 Å². The maximum absolute atomic E-state index is 12.3. The SMILES string of the molecule is CC(C)N(C)Cc1ccccc1CNC(=O)c1ccc(CN)cc1. The quantitative estimate of drug-likeness (QED) is 0.823. The topological polar surface area (TPSA) is 58.4 Å². The molecule has 0 heterocycles. The van der Waals surface area contributed by atoms with E-state index in [1.54, 1.807) is 0 Å². The lowest BCUT2D eigenvalue weighted by Gasteiger charge is -2.22. The van der Waals surface area contributed by atoms with Gasteiger partial charge in [0.2, 0.25) is 0 Å². The van der Waals surface area contributed by atoms with Gasteiger partial charge in [0.1, 0.15) is 0 Å². The predicted molar refractivity (Wildman–Crippen MR) is 98.5 cm³/mol. The third kappa shape index (κ3) is 4.91. The summed E-state index contributed by atoms with van der Waals surface area (Å²) in [5.41, 5.74) is 9.65. The van der Waals surface area contributed by atoms with Crippen molar-refractivity contribution in [2.75, 3.05) is 7.05 Å². The van der Waals surface area contributed by atoms with E-state index in [1.807, 2.05) is 36.4 Å². The Bertz CT molecular complexity index is 665. The summed E-state index contributed by atoms with van der Waals surface area (Å²) in [4.78, 5) is 14.6. The minimum Gasteiger partial charge on any atom is -0.348 e. The lowest BCUT2D eigenvalue weighted by atomic mass is 10.1. The molecule has 0 saturated carbocycles. The minimum absolute atomic E-state index is 0.0643. The molecule has 0 aromatic heterocycles. The third-order valence-electron chi connectivity index (χ3n) is 4.31. The van der Waals surface area contributed by atoms with E-state index in [1.165, 1.54) is 5.56 Å². The second kappa shape index (κ2) is 8.62. The van der Waals surface area contributed by atoms with Crippen LogP contribution in [0.25, 0.3) is 0 Å². The maximum Gasteiger partial charge on any atom is 0.251 e. The number of nitrogens with two attached hydrogens (primary N) is 1. The Morgan fingerprint density at radius 3 is 2.29 bits per heavy atom. The standard InChI is InChI=1S/C20H27N3O/c1-15(2)23(3)14-19-7-5-4-6-18(19)13-22-20(24)17-10-8-16(12-21)9-11-17/h4-11,15H,12-14,21H2,1-3H3,(H,22,24). The number of benzene rings is 2. The Morgan fingerprint density at radius 1 is 1.08 bits per heavy atom. The fourth-order valence-electron chi connectivity index (χ4n) is 2.41. The Kier molecular flexibility index (Phi) is 6.53. The monoisotopic (exact) mass is 325 g/mol. The highest BCUT2D eigenvalue weighted by Crippen LogP contribution is 2.13. The average Bonchev–Trinajstić information content (AvgIpc) is 2.60. The molecule has 4 heteroatoms. The van der Waals surface area contributed by atoms with Crippen molar-refractivity contribution in [3.63, 3.8) is 0 Å². The van der Waals surface area contributed by atoms with Gasteiger partial charge in [-0.05, 0) is 49.7 Å². The van der Waals surface area contributed by atoms with Crippen LogP contribution in [0.1, 0.15) is 40.9 Å². The first-order valence-electron chi connectivity index (χ1n) is 8.35. The van der Waals surface area contributed by atoms with Gasteiger partial charge in [-0.2, -0.15) is 0 Å². The summed E-state index contributed by atoms with van der Waals surface area (Å²) in [6.07, 6.45) is 0. The summed E-state index contributed by atoms with van der Waals surface area (Å²) in [6, 6.07) is 16.1. The van der Waals surface area contributed by atoms with Gasteiger partial charge in [0.05, 0.1) is 0 Å². The first-order chi connectivity index (χ1) is 11.5. The average molecular weight is 325 g/mol. The second-order valence-electron chi connectivity index (χ2n) is 6.36. The highest BCUT2D eigenvalue weighted by atomic mass is 16.1. The van der Waals surface area contributed by atoms with E-state index < -0.39 is 0 Å². The van der Waals surface area contributed by atoms with E-state index >= 15 is 0 Å². The molecule has 2 rings (SSSR count). The zero-order valence-electron chi connectivity index (χ0n) is 14.8. The van der Waals surface area contributed by atoms with Crippen molar-refractivity contribution in [3.8, 4) is 0 Å². The van der Waals surface area contributed by atoms with Gasteiger partial charge in [-0.25, -0.2) is 0 Å². The van der Waals surface area contributed by atoms with Gasteiger partial charge in [-0.1, -0.05) is 36.4 Å². The fourth-order valence-corrected chi connectivity index (χ4v) is 2.41. The van der Waals surface area contributed by atoms with E-state index in [0.29, 0.717) is 24.7 Å². The third-order valence-corrected chi connectivity index (χ3v) is 4.31. The summed E-state index contributed by atoms with van der Waals surface area (Å²) >= 11 is 0. The van der Waals surface area contributed by atoms with Crippen LogP contribution in [0.5, 0.6) is 0 Å². The van der Waals surface area contributed by atoms with Gasteiger partial charge in [-0.15, -0.1) is 0 Å². The molecule has 24 heavy (non-hydrogen) atoms. The number of amides is 1. The molecule has 4 nitrogen and oxygen atoms in total. The largest absolute Gasteiger partial charge is 0.348 e. The number of carbonyl (C=O) groups excluding carboxylic acids is 1. The lowest BCUT2D eigenvalue weighted by molar-refractivity contribution is 0.0950. The number of carbonyl (C=O) groups is 1. The Balaban J connectivity index is 2.01. The van der Waals surface area contributed by atoms with E-state index in [-0.39, 0.29) is 5.91 Å². The number of rotatable bonds is 7. The van der Waals surface area contributed by atoms with Crippen LogP contribution >= 0.6 is 0 Å². The molecule has 2 aromatic carbocycles. The summed E-state index contributed by atoms with van der Waals surface area (Å²) in [7, 11) is 2.11. The number of nitrogens with one attached hydrogen (secondary N) is 1. The number of nitrogens with zero attached hydrogens (tertiary/aromatic N) is 1. The molecule has 0 spiro atoms. The van der Waals surface area contributed by atoms with E-state index in [0.717, 1.165) is 17.7 Å². The molecule has 2 aromatic rings. The molecular weight excluding hydrogens is 298 g/mol. The van der Waals surface area contributed by atoms with Crippen LogP contribution in [-0.4, -0.2) is 23.9 Å². The normalized spacial score (nSPS) is 11.1. The number of hydrogen-bond donors (Lipinski definition) is 2. The van der Waals surface area contributed by atoms with Gasteiger partial charge < -0.3 is 11.1 Å². The summed E-state index contributed by atoms with van der Waals surface area (Å²) in [6.45, 7) is 6.23. The summed E-state index contributed by atoms with van der Waals surface area (Å²) in [5.74, 6) is -0.0643. The smallest absolute Gasteiger partial charge is 0.251 e. The van der Waals surface area contributed by atoms with Crippen LogP contribution in [0.2, 0.25) is 0 Å². The van der Waals surface area contributed by atoms with Gasteiger partial charge in [-0.3, -0.25) is 9.69 Å². The molecule has 0 saturated heterocycles. The van der Waals surface area contributed by atoms with E-state index in [4.69, 9.17) is 5.73 Å². The fraction of sp³-hybridized carbons (Fsp3) is 0.350. The van der Waals surface area contributed by atoms with Crippen LogP contribution in [-0.2, 0) is 19.6 Å². The molecule has 1 amide bonds. The van der Waals surface area contributed by atoms with Gasteiger partial charge >= 0.3 is 0 Å². The number of hydrogen-bond acceptors (Lipinski definition) is 3. The summed E-state index contributed by atoms with van der Waals surface area (Å²) in [5, 5.41) is 3.01. The molecule has 128 valence electrons. The van der Waals surface area contributed by atoms with Crippen molar-refractivity contribution in [3.05, 3.63) is 70.8 Å². The first-order valence-corrected chi connectivity index (χ1v) is 8.35. The van der Waals surface area contributed by atoms with Crippen molar-refractivity contribution in [1.82, 2.24) is 10.2 Å². The van der Waals surface area contributed by atoms with Crippen molar-refractivity contribution in [1.29, 1.82) is 0 Å². The van der Waals surface area contributed by atoms with Crippen LogP contribution < -0.4 is 11.1 Å². The van der Waals surface area contributed by atoms with Crippen LogP contribution in [0.15, 0.2) is 48.5 Å². The minimum atomic E-state index is -0.0643. The Labute approximate surface area is 144 Å². The molecular formula is C20H27N3O. The zero-order chi connectivity index (χ0) is 17.5. The van der Waals surface area contributed by atoms with Gasteiger partial charge in [0, 0.05) is 31.2 Å². The van der Waals surface area contributed by atoms with E-state index in [9.17, 15) is 4.79 Å². The molecule has 0 radical (unpaired) electrons. The van der Waals surface area contributed by atoms with Crippen molar-refractivity contribution in [2.24, 2.45) is 5.73 Å². The molecule has 0 unspecified atom stereocenters. The molecule has 0 aliphatic carbocycles. The van der Waals surface area contributed by atoms with Gasteiger partial charge in [0.25, 0.3) is 5.91 Å². The molecule has 0 atom stereocenters. The summed E-state index contributed by atoms with van der Waals surface area (Å²) < 4.78 is 0. The molecule has 3 N–H and O–H groups in total. The highest BCUT2D eigenvalue weighted by Gasteiger charge is 2.10. The molecule has 0 fully saturated rings. The van der Waals surface area contributed by atoms with Crippen molar-refractivity contribution < 1.29 is 4.79 Å². The lowest BCUT2D eigenvalue weighted by Crippen LogP contribution is -2.27.